The van der Waals surface area contributed by atoms with Crippen LogP contribution in [-0.2, 0) is 4.79 Å². The van der Waals surface area contributed by atoms with Gasteiger partial charge in [0.15, 0.2) is 6.54 Å². The Labute approximate surface area is 159 Å². The summed E-state index contributed by atoms with van der Waals surface area (Å²) in [5.74, 6) is 1.54. The summed E-state index contributed by atoms with van der Waals surface area (Å²) in [7, 11) is 0. The minimum atomic E-state index is -0.0285. The van der Waals surface area contributed by atoms with Crippen LogP contribution < -0.4 is 20.1 Å². The molecule has 0 unspecified atom stereocenters. The molecule has 0 aliphatic rings. The van der Waals surface area contributed by atoms with E-state index in [0.717, 1.165) is 22.1 Å². The Kier molecular flexibility index (Phi) is 8.25. The zero-order valence-corrected chi connectivity index (χ0v) is 16.0. The van der Waals surface area contributed by atoms with E-state index in [0.29, 0.717) is 26.3 Å². The second-order valence-corrected chi connectivity index (χ2v) is 6.26. The number of amides is 1. The Morgan fingerprint density at radius 1 is 1.12 bits per heavy atom. The third-order valence-corrected chi connectivity index (χ3v) is 4.22. The van der Waals surface area contributed by atoms with Gasteiger partial charge in [-0.25, -0.2) is 0 Å². The first kappa shape index (κ1) is 20.1. The number of halogens is 1. The summed E-state index contributed by atoms with van der Waals surface area (Å²) in [6.45, 7) is 5.83. The van der Waals surface area contributed by atoms with Crippen molar-refractivity contribution >= 4 is 17.5 Å². The molecule has 0 aliphatic heterocycles. The average Bonchev–Trinajstić information content (AvgIpc) is 2.65. The lowest BCUT2D eigenvalue weighted by molar-refractivity contribution is -0.682. The van der Waals surface area contributed by atoms with Crippen LogP contribution in [0.25, 0.3) is 0 Å². The number of nitrogens with one attached hydrogen (secondary N) is 1. The van der Waals surface area contributed by atoms with Gasteiger partial charge in [0.25, 0.3) is 5.91 Å². The number of rotatable bonds is 10. The molecule has 1 atom stereocenters. The highest BCUT2D eigenvalue weighted by atomic mass is 35.5. The summed E-state index contributed by atoms with van der Waals surface area (Å²) in [6, 6.07) is 15.2. The van der Waals surface area contributed by atoms with Gasteiger partial charge >= 0.3 is 0 Å². The molecule has 1 amide bonds. The number of ether oxygens (including phenoxy) is 2. The molecule has 0 saturated carbocycles. The highest BCUT2D eigenvalue weighted by Gasteiger charge is 2.13. The monoisotopic (exact) mass is 377 g/mol. The fourth-order valence-electron chi connectivity index (χ4n) is 2.49. The molecule has 3 N–H and O–H groups in total. The summed E-state index contributed by atoms with van der Waals surface area (Å²) < 4.78 is 11.0. The quantitative estimate of drug-likeness (QED) is 0.625. The van der Waals surface area contributed by atoms with Crippen molar-refractivity contribution in [2.24, 2.45) is 0 Å². The van der Waals surface area contributed by atoms with E-state index in [4.69, 9.17) is 21.1 Å². The molecule has 0 spiro atoms. The summed E-state index contributed by atoms with van der Waals surface area (Å²) in [5.41, 5.74) is 1.03. The standard InChI is InChI=1S/C20H25ClN2O3/c1-3-25-16-8-10-17(11-9-16)26-13-12-22-20(24)14-23-15(2)18-6-4-5-7-19(18)21/h4-11,15,23H,3,12-14H2,1-2H3,(H,22,24)/p+1/t15-/m0/s1. The van der Waals surface area contributed by atoms with Gasteiger partial charge in [0.1, 0.15) is 24.1 Å². The predicted molar refractivity (Wildman–Crippen MR) is 103 cm³/mol. The maximum absolute atomic E-state index is 11.9. The number of benzene rings is 2. The average molecular weight is 378 g/mol. The van der Waals surface area contributed by atoms with Crippen molar-refractivity contribution in [3.05, 3.63) is 59.1 Å². The van der Waals surface area contributed by atoms with Crippen molar-refractivity contribution < 1.29 is 19.6 Å². The predicted octanol–water partition coefficient (Wildman–Crippen LogP) is 2.56. The Bertz CT molecular complexity index is 692. The molecule has 0 aromatic heterocycles. The zero-order valence-electron chi connectivity index (χ0n) is 15.2. The van der Waals surface area contributed by atoms with Gasteiger partial charge in [0.05, 0.1) is 13.2 Å². The molecular weight excluding hydrogens is 352 g/mol. The van der Waals surface area contributed by atoms with Crippen molar-refractivity contribution in [1.82, 2.24) is 5.32 Å². The fourth-order valence-corrected chi connectivity index (χ4v) is 2.79. The van der Waals surface area contributed by atoms with E-state index in [1.165, 1.54) is 0 Å². The molecule has 2 rings (SSSR count). The van der Waals surface area contributed by atoms with Gasteiger partial charge in [-0.05, 0) is 44.2 Å². The van der Waals surface area contributed by atoms with E-state index < -0.39 is 0 Å². The largest absolute Gasteiger partial charge is 0.494 e. The van der Waals surface area contributed by atoms with Crippen molar-refractivity contribution in [2.45, 2.75) is 19.9 Å². The van der Waals surface area contributed by atoms with Crippen molar-refractivity contribution in [1.29, 1.82) is 0 Å². The molecule has 0 radical (unpaired) electrons. The van der Waals surface area contributed by atoms with Gasteiger partial charge in [-0.2, -0.15) is 0 Å². The van der Waals surface area contributed by atoms with E-state index in [9.17, 15) is 4.79 Å². The molecule has 2 aromatic rings. The summed E-state index contributed by atoms with van der Waals surface area (Å²) in [5, 5.41) is 5.54. The first-order valence-electron chi connectivity index (χ1n) is 8.80. The Morgan fingerprint density at radius 3 is 2.42 bits per heavy atom. The normalized spacial score (nSPS) is 11.7. The lowest BCUT2D eigenvalue weighted by atomic mass is 10.1. The lowest BCUT2D eigenvalue weighted by Gasteiger charge is -2.13. The van der Waals surface area contributed by atoms with Crippen LogP contribution >= 0.6 is 11.6 Å². The van der Waals surface area contributed by atoms with Crippen molar-refractivity contribution in [3.8, 4) is 11.5 Å². The molecule has 0 aliphatic carbocycles. The maximum atomic E-state index is 11.9. The molecule has 6 heteroatoms. The number of hydrogen-bond donors (Lipinski definition) is 2. The van der Waals surface area contributed by atoms with Crippen LogP contribution in [0.3, 0.4) is 0 Å². The topological polar surface area (TPSA) is 64.2 Å². The van der Waals surface area contributed by atoms with E-state index in [-0.39, 0.29) is 11.9 Å². The van der Waals surface area contributed by atoms with E-state index in [2.05, 4.69) is 5.32 Å². The molecule has 5 nitrogen and oxygen atoms in total. The Morgan fingerprint density at radius 2 is 1.77 bits per heavy atom. The van der Waals surface area contributed by atoms with Gasteiger partial charge in [0, 0.05) is 10.6 Å². The third kappa shape index (κ3) is 6.58. The minimum absolute atomic E-state index is 0.0285. The third-order valence-electron chi connectivity index (χ3n) is 3.88. The maximum Gasteiger partial charge on any atom is 0.275 e. The summed E-state index contributed by atoms with van der Waals surface area (Å²) >= 11 is 6.18. The lowest BCUT2D eigenvalue weighted by Crippen LogP contribution is -2.87. The summed E-state index contributed by atoms with van der Waals surface area (Å²) in [6.07, 6.45) is 0. The summed E-state index contributed by atoms with van der Waals surface area (Å²) in [4.78, 5) is 11.9. The SMILES string of the molecule is CCOc1ccc(OCCNC(=O)C[NH2+][C@@H](C)c2ccccc2Cl)cc1. The molecule has 0 fully saturated rings. The molecule has 0 bridgehead atoms. The van der Waals surface area contributed by atoms with E-state index in [1.54, 1.807) is 0 Å². The second-order valence-electron chi connectivity index (χ2n) is 5.85. The van der Waals surface area contributed by atoms with E-state index in [1.807, 2.05) is 67.7 Å². The molecular formula is C20H26ClN2O3+. The Hall–Kier alpha value is -2.24. The number of hydrogen-bond acceptors (Lipinski definition) is 3. The number of quaternary nitrogens is 1. The number of nitrogens with two attached hydrogens (primary N) is 1. The molecule has 140 valence electrons. The van der Waals surface area contributed by atoms with Gasteiger partial charge in [-0.15, -0.1) is 0 Å². The number of carbonyl (C=O) groups excluding carboxylic acids is 1. The minimum Gasteiger partial charge on any atom is -0.494 e. The zero-order chi connectivity index (χ0) is 18.8. The van der Waals surface area contributed by atoms with Crippen LogP contribution in [-0.4, -0.2) is 32.2 Å². The second kappa shape index (κ2) is 10.7. The fraction of sp³-hybridized carbons (Fsp3) is 0.350. The van der Waals surface area contributed by atoms with Gasteiger partial charge in [-0.1, -0.05) is 29.8 Å². The molecule has 2 aromatic carbocycles. The first-order valence-corrected chi connectivity index (χ1v) is 9.18. The van der Waals surface area contributed by atoms with Crippen molar-refractivity contribution in [2.75, 3.05) is 26.3 Å². The van der Waals surface area contributed by atoms with Crippen LogP contribution in [0.5, 0.6) is 11.5 Å². The highest BCUT2D eigenvalue weighted by Crippen LogP contribution is 2.19. The van der Waals surface area contributed by atoms with Crippen LogP contribution in [0, 0.1) is 0 Å². The molecule has 26 heavy (non-hydrogen) atoms. The first-order chi connectivity index (χ1) is 12.6. The van der Waals surface area contributed by atoms with Gasteiger partial charge in [-0.3, -0.25) is 4.79 Å². The molecule has 0 heterocycles. The van der Waals surface area contributed by atoms with Gasteiger partial charge in [0.2, 0.25) is 0 Å². The van der Waals surface area contributed by atoms with Crippen LogP contribution in [0.4, 0.5) is 0 Å². The smallest absolute Gasteiger partial charge is 0.275 e. The van der Waals surface area contributed by atoms with Gasteiger partial charge < -0.3 is 20.1 Å². The van der Waals surface area contributed by atoms with Crippen LogP contribution in [0.2, 0.25) is 5.02 Å². The number of carbonyl (C=O) groups is 1. The Balaban J connectivity index is 1.63. The van der Waals surface area contributed by atoms with Crippen LogP contribution in [0.1, 0.15) is 25.5 Å². The molecule has 0 saturated heterocycles. The highest BCUT2D eigenvalue weighted by molar-refractivity contribution is 6.31. The van der Waals surface area contributed by atoms with Crippen molar-refractivity contribution in [3.63, 3.8) is 0 Å². The van der Waals surface area contributed by atoms with Crippen LogP contribution in [0.15, 0.2) is 48.5 Å². The van der Waals surface area contributed by atoms with E-state index >= 15 is 0 Å².